The zero-order valence-corrected chi connectivity index (χ0v) is 16.0. The molecule has 1 heterocycles. The van der Waals surface area contributed by atoms with Gasteiger partial charge >= 0.3 is 0 Å². The molecule has 0 radical (unpaired) electrons. The zero-order valence-electron chi connectivity index (χ0n) is 15.2. The number of amides is 1. The Kier molecular flexibility index (Phi) is 6.29. The molecule has 2 fully saturated rings. The summed E-state index contributed by atoms with van der Waals surface area (Å²) in [6, 6.07) is 4.75. The van der Waals surface area contributed by atoms with E-state index in [9.17, 15) is 13.2 Å². The molecule has 1 aromatic rings. The Morgan fingerprint density at radius 3 is 2.69 bits per heavy atom. The highest BCUT2D eigenvalue weighted by molar-refractivity contribution is 7.89. The van der Waals surface area contributed by atoms with Crippen LogP contribution in [0.4, 0.5) is 0 Å². The zero-order chi connectivity index (χ0) is 18.6. The molecule has 144 valence electrons. The Balaban J connectivity index is 1.55. The van der Waals surface area contributed by atoms with Crippen molar-refractivity contribution >= 4 is 15.9 Å². The molecule has 3 rings (SSSR count). The first-order valence-corrected chi connectivity index (χ1v) is 10.7. The highest BCUT2D eigenvalue weighted by Crippen LogP contribution is 2.23. The van der Waals surface area contributed by atoms with Crippen molar-refractivity contribution in [3.8, 4) is 0 Å². The second-order valence-corrected chi connectivity index (χ2v) is 8.65. The van der Waals surface area contributed by atoms with Crippen LogP contribution in [-0.4, -0.2) is 64.7 Å². The molecule has 2 aliphatic rings. The Morgan fingerprint density at radius 2 is 2.00 bits per heavy atom. The number of hydrogen-bond acceptors (Lipinski definition) is 5. The van der Waals surface area contributed by atoms with Crippen molar-refractivity contribution < 1.29 is 17.9 Å². The van der Waals surface area contributed by atoms with Gasteiger partial charge < -0.3 is 10.1 Å². The van der Waals surface area contributed by atoms with Gasteiger partial charge in [-0.2, -0.15) is 0 Å². The molecule has 1 aromatic carbocycles. The molecule has 0 unspecified atom stereocenters. The van der Waals surface area contributed by atoms with Crippen molar-refractivity contribution in [1.29, 1.82) is 0 Å². The van der Waals surface area contributed by atoms with Crippen LogP contribution in [0.2, 0.25) is 0 Å². The number of ether oxygens (including phenoxy) is 1. The molecule has 26 heavy (non-hydrogen) atoms. The van der Waals surface area contributed by atoms with Crippen molar-refractivity contribution in [2.45, 2.75) is 37.1 Å². The van der Waals surface area contributed by atoms with Crippen LogP contribution in [0.15, 0.2) is 23.1 Å². The maximum Gasteiger partial charge on any atom is 0.251 e. The highest BCUT2D eigenvalue weighted by Gasteiger charge is 2.28. The summed E-state index contributed by atoms with van der Waals surface area (Å²) >= 11 is 0. The lowest BCUT2D eigenvalue weighted by atomic mass is 10.1. The van der Waals surface area contributed by atoms with Crippen LogP contribution in [0.25, 0.3) is 0 Å². The van der Waals surface area contributed by atoms with Crippen molar-refractivity contribution in [2.75, 3.05) is 39.4 Å². The largest absolute Gasteiger partial charge is 0.379 e. The van der Waals surface area contributed by atoms with Crippen molar-refractivity contribution in [1.82, 2.24) is 14.9 Å². The smallest absolute Gasteiger partial charge is 0.251 e. The summed E-state index contributed by atoms with van der Waals surface area (Å²) in [5, 5.41) is 2.90. The fourth-order valence-electron chi connectivity index (χ4n) is 2.93. The van der Waals surface area contributed by atoms with Crippen LogP contribution in [0, 0.1) is 6.92 Å². The van der Waals surface area contributed by atoms with Crippen LogP contribution in [-0.2, 0) is 14.8 Å². The van der Waals surface area contributed by atoms with E-state index < -0.39 is 10.0 Å². The van der Waals surface area contributed by atoms with Crippen LogP contribution in [0.3, 0.4) is 0 Å². The monoisotopic (exact) mass is 381 g/mol. The third-order valence-corrected chi connectivity index (χ3v) is 6.22. The van der Waals surface area contributed by atoms with Gasteiger partial charge in [-0.05, 0) is 50.4 Å². The Bertz CT molecular complexity index is 741. The molecule has 1 saturated heterocycles. The first kappa shape index (κ1) is 19.3. The molecule has 8 heteroatoms. The number of carbonyl (C=O) groups excluding carboxylic acids is 1. The van der Waals surface area contributed by atoms with Gasteiger partial charge in [0.2, 0.25) is 10.0 Å². The standard InChI is InChI=1S/C18H27N3O4S/c1-14-3-6-16(26(23,24)20-15-4-5-15)13-17(14)18(22)19-7-2-8-21-9-11-25-12-10-21/h3,6,13,15,20H,2,4-5,7-12H2,1H3,(H,19,22). The molecule has 1 aliphatic carbocycles. The maximum absolute atomic E-state index is 12.5. The number of nitrogens with one attached hydrogen (secondary N) is 2. The van der Waals surface area contributed by atoms with E-state index in [0.29, 0.717) is 12.1 Å². The number of carbonyl (C=O) groups is 1. The lowest BCUT2D eigenvalue weighted by Crippen LogP contribution is -2.38. The Labute approximate surface area is 155 Å². The van der Waals surface area contributed by atoms with E-state index in [2.05, 4.69) is 14.9 Å². The molecular weight excluding hydrogens is 354 g/mol. The third kappa shape index (κ3) is 5.26. The first-order chi connectivity index (χ1) is 12.5. The van der Waals surface area contributed by atoms with Gasteiger partial charge in [-0.15, -0.1) is 0 Å². The second-order valence-electron chi connectivity index (χ2n) is 6.94. The van der Waals surface area contributed by atoms with Crippen LogP contribution >= 0.6 is 0 Å². The van der Waals surface area contributed by atoms with E-state index in [1.165, 1.54) is 6.07 Å². The van der Waals surface area contributed by atoms with Gasteiger partial charge in [0.05, 0.1) is 18.1 Å². The lowest BCUT2D eigenvalue weighted by molar-refractivity contribution is 0.0374. The normalized spacial score (nSPS) is 18.7. The number of benzene rings is 1. The maximum atomic E-state index is 12.5. The van der Waals surface area contributed by atoms with E-state index >= 15 is 0 Å². The van der Waals surface area contributed by atoms with E-state index in [1.807, 2.05) is 6.92 Å². The topological polar surface area (TPSA) is 87.7 Å². The summed E-state index contributed by atoms with van der Waals surface area (Å²) < 4.78 is 32.7. The van der Waals surface area contributed by atoms with E-state index in [-0.39, 0.29) is 16.8 Å². The number of hydrogen-bond donors (Lipinski definition) is 2. The van der Waals surface area contributed by atoms with Gasteiger partial charge in [-0.3, -0.25) is 9.69 Å². The third-order valence-electron chi connectivity index (χ3n) is 4.70. The summed E-state index contributed by atoms with van der Waals surface area (Å²) in [5.41, 5.74) is 1.18. The molecular formula is C18H27N3O4S. The van der Waals surface area contributed by atoms with Gasteiger partial charge in [0.1, 0.15) is 0 Å². The quantitative estimate of drug-likeness (QED) is 0.653. The molecule has 1 saturated carbocycles. The molecule has 1 aliphatic heterocycles. The molecule has 0 spiro atoms. The van der Waals surface area contributed by atoms with E-state index in [0.717, 1.165) is 57.7 Å². The predicted octanol–water partition coefficient (Wildman–Crippen LogP) is 0.888. The average molecular weight is 381 g/mol. The molecule has 2 N–H and O–H groups in total. The number of sulfonamides is 1. The molecule has 0 bridgehead atoms. The van der Waals surface area contributed by atoms with Gasteiger partial charge in [-0.25, -0.2) is 13.1 Å². The number of aryl methyl sites for hydroxylation is 1. The summed E-state index contributed by atoms with van der Waals surface area (Å²) in [4.78, 5) is 14.9. The van der Waals surface area contributed by atoms with Gasteiger partial charge in [-0.1, -0.05) is 6.07 Å². The fourth-order valence-corrected chi connectivity index (χ4v) is 4.26. The number of morpholine rings is 1. The summed E-state index contributed by atoms with van der Waals surface area (Å²) in [6.45, 7) is 6.69. The summed E-state index contributed by atoms with van der Waals surface area (Å²) in [5.74, 6) is -0.229. The predicted molar refractivity (Wildman–Crippen MR) is 98.7 cm³/mol. The summed E-state index contributed by atoms with van der Waals surface area (Å²) in [6.07, 6.45) is 2.61. The average Bonchev–Trinajstić information content (AvgIpc) is 3.43. The Hall–Kier alpha value is -1.48. The van der Waals surface area contributed by atoms with Gasteiger partial charge in [0.25, 0.3) is 5.91 Å². The number of rotatable bonds is 8. The fraction of sp³-hybridized carbons (Fsp3) is 0.611. The molecule has 7 nitrogen and oxygen atoms in total. The molecule has 0 atom stereocenters. The molecule has 1 amide bonds. The van der Waals surface area contributed by atoms with Gasteiger partial charge in [0.15, 0.2) is 0 Å². The lowest BCUT2D eigenvalue weighted by Gasteiger charge is -2.26. The minimum Gasteiger partial charge on any atom is -0.379 e. The summed E-state index contributed by atoms with van der Waals surface area (Å²) in [7, 11) is -3.56. The van der Waals surface area contributed by atoms with E-state index in [1.54, 1.807) is 12.1 Å². The first-order valence-electron chi connectivity index (χ1n) is 9.17. The Morgan fingerprint density at radius 1 is 1.27 bits per heavy atom. The van der Waals surface area contributed by atoms with Crippen LogP contribution in [0.1, 0.15) is 35.2 Å². The van der Waals surface area contributed by atoms with Crippen LogP contribution < -0.4 is 10.0 Å². The highest BCUT2D eigenvalue weighted by atomic mass is 32.2. The van der Waals surface area contributed by atoms with E-state index in [4.69, 9.17) is 4.74 Å². The van der Waals surface area contributed by atoms with Crippen LogP contribution in [0.5, 0.6) is 0 Å². The number of nitrogens with zero attached hydrogens (tertiary/aromatic N) is 1. The van der Waals surface area contributed by atoms with Gasteiger partial charge in [0, 0.05) is 31.2 Å². The minimum atomic E-state index is -3.56. The minimum absolute atomic E-state index is 0.0405. The molecule has 0 aromatic heterocycles. The second kappa shape index (κ2) is 8.47. The van der Waals surface area contributed by atoms with Crippen molar-refractivity contribution in [3.63, 3.8) is 0 Å². The van der Waals surface area contributed by atoms with Crippen molar-refractivity contribution in [2.24, 2.45) is 0 Å². The van der Waals surface area contributed by atoms with Crippen molar-refractivity contribution in [3.05, 3.63) is 29.3 Å². The SMILES string of the molecule is Cc1ccc(S(=O)(=O)NC2CC2)cc1C(=O)NCCCN1CCOCC1.